The first-order valence-electron chi connectivity index (χ1n) is 8.18. The molecule has 0 aliphatic carbocycles. The Labute approximate surface area is 143 Å². The van der Waals surface area contributed by atoms with Crippen molar-refractivity contribution in [3.8, 4) is 11.5 Å². The van der Waals surface area contributed by atoms with E-state index in [0.29, 0.717) is 19.8 Å². The number of benzene rings is 1. The number of nitrogens with zero attached hydrogens (tertiary/aromatic N) is 2. The predicted octanol–water partition coefficient (Wildman–Crippen LogP) is 2.98. The molecule has 0 N–H and O–H groups in total. The van der Waals surface area contributed by atoms with Gasteiger partial charge >= 0.3 is 0 Å². The molecule has 1 aromatic heterocycles. The van der Waals surface area contributed by atoms with Gasteiger partial charge in [0.05, 0.1) is 18.3 Å². The summed E-state index contributed by atoms with van der Waals surface area (Å²) in [4.78, 5) is 6.74. The third kappa shape index (κ3) is 3.68. The van der Waals surface area contributed by atoms with Crippen molar-refractivity contribution in [2.45, 2.75) is 19.5 Å². The summed E-state index contributed by atoms with van der Waals surface area (Å²) in [5.74, 6) is 1.67. The van der Waals surface area contributed by atoms with Crippen LogP contribution in [0.2, 0.25) is 0 Å². The second-order valence-corrected chi connectivity index (χ2v) is 6.06. The highest BCUT2D eigenvalue weighted by Crippen LogP contribution is 2.34. The molecule has 0 fully saturated rings. The number of ether oxygens (including phenoxy) is 3. The third-order valence-electron chi connectivity index (χ3n) is 4.31. The van der Waals surface area contributed by atoms with Gasteiger partial charge in [-0.05, 0) is 49.4 Å². The second kappa shape index (κ2) is 7.64. The van der Waals surface area contributed by atoms with Gasteiger partial charge in [0, 0.05) is 19.9 Å². The Balaban J connectivity index is 1.81. The molecule has 0 amide bonds. The summed E-state index contributed by atoms with van der Waals surface area (Å²) >= 11 is 0. The van der Waals surface area contributed by atoms with Crippen LogP contribution in [0, 0.1) is 6.92 Å². The van der Waals surface area contributed by atoms with Crippen molar-refractivity contribution in [1.29, 1.82) is 0 Å². The molecule has 2 heterocycles. The summed E-state index contributed by atoms with van der Waals surface area (Å²) in [6, 6.07) is 10.2. The van der Waals surface area contributed by atoms with Gasteiger partial charge in [0.1, 0.15) is 13.2 Å². The van der Waals surface area contributed by atoms with Gasteiger partial charge in [-0.2, -0.15) is 0 Å². The lowest BCUT2D eigenvalue weighted by Gasteiger charge is -2.28. The van der Waals surface area contributed by atoms with Crippen LogP contribution in [0.4, 0.5) is 0 Å². The average Bonchev–Trinajstić information content (AvgIpc) is 2.61. The van der Waals surface area contributed by atoms with Crippen LogP contribution in [-0.2, 0) is 11.3 Å². The van der Waals surface area contributed by atoms with Crippen LogP contribution >= 0.6 is 0 Å². The van der Waals surface area contributed by atoms with Gasteiger partial charge in [0.25, 0.3) is 0 Å². The second-order valence-electron chi connectivity index (χ2n) is 6.06. The number of hydrogen-bond donors (Lipinski definition) is 0. The van der Waals surface area contributed by atoms with Gasteiger partial charge in [-0.15, -0.1) is 0 Å². The van der Waals surface area contributed by atoms with Crippen molar-refractivity contribution in [2.75, 3.05) is 34.0 Å². The van der Waals surface area contributed by atoms with Crippen molar-refractivity contribution in [1.82, 2.24) is 9.88 Å². The zero-order valence-electron chi connectivity index (χ0n) is 14.5. The number of hydrogen-bond acceptors (Lipinski definition) is 5. The molecule has 1 aliphatic rings. The highest BCUT2D eigenvalue weighted by molar-refractivity contribution is 5.47. The van der Waals surface area contributed by atoms with E-state index in [4.69, 9.17) is 14.2 Å². The van der Waals surface area contributed by atoms with Crippen molar-refractivity contribution < 1.29 is 14.2 Å². The highest BCUT2D eigenvalue weighted by atomic mass is 16.6. The molecule has 3 rings (SSSR count). The molecule has 0 radical (unpaired) electrons. The smallest absolute Gasteiger partial charge is 0.161 e. The first-order chi connectivity index (χ1) is 11.7. The molecule has 0 bridgehead atoms. The van der Waals surface area contributed by atoms with Crippen LogP contribution in [0.15, 0.2) is 36.5 Å². The molecule has 1 atom stereocenters. The first-order valence-corrected chi connectivity index (χ1v) is 8.18. The van der Waals surface area contributed by atoms with Gasteiger partial charge < -0.3 is 14.2 Å². The fourth-order valence-corrected chi connectivity index (χ4v) is 2.95. The quantitative estimate of drug-likeness (QED) is 0.816. The van der Waals surface area contributed by atoms with E-state index in [9.17, 15) is 0 Å². The fraction of sp³-hybridized carbons (Fsp3) is 0.421. The monoisotopic (exact) mass is 328 g/mol. The van der Waals surface area contributed by atoms with Gasteiger partial charge in [-0.3, -0.25) is 9.88 Å². The van der Waals surface area contributed by atoms with Crippen molar-refractivity contribution >= 4 is 0 Å². The zero-order valence-corrected chi connectivity index (χ0v) is 14.5. The molecule has 1 aromatic carbocycles. The van der Waals surface area contributed by atoms with Crippen molar-refractivity contribution in [3.05, 3.63) is 53.3 Å². The SMILES string of the molecule is COC[C@@H](c1ccccn1)N(C)Cc1cc2c(cc1C)OCCO2. The Kier molecular flexibility index (Phi) is 5.33. The Morgan fingerprint density at radius 1 is 1.21 bits per heavy atom. The molecular weight excluding hydrogens is 304 g/mol. The maximum absolute atomic E-state index is 5.71. The Morgan fingerprint density at radius 2 is 1.96 bits per heavy atom. The van der Waals surface area contributed by atoms with Gasteiger partial charge in [0.2, 0.25) is 0 Å². The van der Waals surface area contributed by atoms with Crippen molar-refractivity contribution in [3.63, 3.8) is 0 Å². The van der Waals surface area contributed by atoms with E-state index in [1.807, 2.05) is 24.4 Å². The van der Waals surface area contributed by atoms with E-state index in [0.717, 1.165) is 23.7 Å². The number of pyridine rings is 1. The summed E-state index contributed by atoms with van der Waals surface area (Å²) in [6.07, 6.45) is 1.82. The van der Waals surface area contributed by atoms with Crippen LogP contribution < -0.4 is 9.47 Å². The molecule has 0 spiro atoms. The lowest BCUT2D eigenvalue weighted by molar-refractivity contribution is 0.0997. The maximum atomic E-state index is 5.71. The highest BCUT2D eigenvalue weighted by Gasteiger charge is 2.21. The Bertz CT molecular complexity index is 676. The largest absolute Gasteiger partial charge is 0.486 e. The molecule has 24 heavy (non-hydrogen) atoms. The minimum absolute atomic E-state index is 0.101. The minimum Gasteiger partial charge on any atom is -0.486 e. The molecule has 5 heteroatoms. The molecule has 5 nitrogen and oxygen atoms in total. The summed E-state index contributed by atoms with van der Waals surface area (Å²) < 4.78 is 16.8. The topological polar surface area (TPSA) is 43.8 Å². The van der Waals surface area contributed by atoms with Gasteiger partial charge in [0.15, 0.2) is 11.5 Å². The third-order valence-corrected chi connectivity index (χ3v) is 4.31. The predicted molar refractivity (Wildman–Crippen MR) is 92.5 cm³/mol. The van der Waals surface area contributed by atoms with Crippen LogP contribution in [0.1, 0.15) is 22.9 Å². The van der Waals surface area contributed by atoms with Gasteiger partial charge in [-0.25, -0.2) is 0 Å². The van der Waals surface area contributed by atoms with Crippen LogP contribution in [-0.4, -0.2) is 43.9 Å². The molecular formula is C19H24N2O3. The van der Waals surface area contributed by atoms with E-state index in [1.165, 1.54) is 11.1 Å². The van der Waals surface area contributed by atoms with Crippen LogP contribution in [0.25, 0.3) is 0 Å². The van der Waals surface area contributed by atoms with E-state index in [2.05, 4.69) is 36.0 Å². The van der Waals surface area contributed by atoms with E-state index in [-0.39, 0.29) is 6.04 Å². The van der Waals surface area contributed by atoms with E-state index >= 15 is 0 Å². The number of rotatable bonds is 6. The molecule has 128 valence electrons. The summed E-state index contributed by atoms with van der Waals surface area (Å²) in [5, 5.41) is 0. The summed E-state index contributed by atoms with van der Waals surface area (Å²) in [7, 11) is 3.81. The molecule has 1 aliphatic heterocycles. The maximum Gasteiger partial charge on any atom is 0.161 e. The molecule has 0 unspecified atom stereocenters. The Morgan fingerprint density at radius 3 is 2.62 bits per heavy atom. The molecule has 0 saturated carbocycles. The summed E-state index contributed by atoms with van der Waals surface area (Å²) in [6.45, 7) is 4.70. The number of aromatic nitrogens is 1. The zero-order chi connectivity index (χ0) is 16.9. The van der Waals surface area contributed by atoms with E-state index in [1.54, 1.807) is 7.11 Å². The standard InChI is InChI=1S/C19H24N2O3/c1-14-10-18-19(24-9-8-23-18)11-15(14)12-21(2)17(13-22-3)16-6-4-5-7-20-16/h4-7,10-11,17H,8-9,12-13H2,1-3H3/t17-/m0/s1. The normalized spacial score (nSPS) is 14.7. The number of methoxy groups -OCH3 is 1. The lowest BCUT2D eigenvalue weighted by atomic mass is 10.1. The van der Waals surface area contributed by atoms with Crippen LogP contribution in [0.3, 0.4) is 0 Å². The Hall–Kier alpha value is -2.11. The number of likely N-dealkylation sites (N-methyl/N-ethyl adjacent to an activating group) is 1. The fourth-order valence-electron chi connectivity index (χ4n) is 2.95. The summed E-state index contributed by atoms with van der Waals surface area (Å²) in [5.41, 5.74) is 3.43. The number of fused-ring (bicyclic) bond motifs is 1. The number of aryl methyl sites for hydroxylation is 1. The van der Waals surface area contributed by atoms with Crippen LogP contribution in [0.5, 0.6) is 11.5 Å². The average molecular weight is 328 g/mol. The lowest BCUT2D eigenvalue weighted by Crippen LogP contribution is -2.28. The molecule has 2 aromatic rings. The molecule has 0 saturated heterocycles. The first kappa shape index (κ1) is 16.7. The van der Waals surface area contributed by atoms with Crippen molar-refractivity contribution in [2.24, 2.45) is 0 Å². The van der Waals surface area contributed by atoms with E-state index < -0.39 is 0 Å². The van der Waals surface area contributed by atoms with Gasteiger partial charge in [-0.1, -0.05) is 6.07 Å². The minimum atomic E-state index is 0.101.